The number of rotatable bonds is 2. The van der Waals surface area contributed by atoms with Gasteiger partial charge in [-0.2, -0.15) is 0 Å². The second kappa shape index (κ2) is 5.90. The van der Waals surface area contributed by atoms with E-state index in [2.05, 4.69) is 20.1 Å². The van der Waals surface area contributed by atoms with Crippen molar-refractivity contribution in [3.05, 3.63) is 65.6 Å². The highest BCUT2D eigenvalue weighted by Gasteiger charge is 2.25. The summed E-state index contributed by atoms with van der Waals surface area (Å²) >= 11 is 0. The van der Waals surface area contributed by atoms with Crippen molar-refractivity contribution in [2.24, 2.45) is 4.99 Å². The number of carbonyl (C=O) groups excluding carboxylic acids is 1. The van der Waals surface area contributed by atoms with Crippen molar-refractivity contribution in [1.29, 1.82) is 0 Å². The van der Waals surface area contributed by atoms with Gasteiger partial charge in [-0.15, -0.1) is 5.10 Å². The smallest absolute Gasteiger partial charge is 0.385 e. The van der Waals surface area contributed by atoms with Crippen LogP contribution in [-0.4, -0.2) is 31.9 Å². The normalized spacial score (nSPS) is 15.2. The van der Waals surface area contributed by atoms with Gasteiger partial charge in [0.2, 0.25) is 0 Å². The molecule has 0 N–H and O–H groups in total. The highest BCUT2D eigenvalue weighted by molar-refractivity contribution is 5.88. The van der Waals surface area contributed by atoms with Crippen molar-refractivity contribution >= 4 is 12.2 Å². The molecule has 8 heteroatoms. The summed E-state index contributed by atoms with van der Waals surface area (Å²) in [7, 11) is 0. The van der Waals surface area contributed by atoms with Crippen LogP contribution >= 0.6 is 0 Å². The predicted molar refractivity (Wildman–Crippen MR) is 86.5 cm³/mol. The second-order valence-corrected chi connectivity index (χ2v) is 5.40. The van der Waals surface area contributed by atoms with Gasteiger partial charge in [0, 0.05) is 18.0 Å². The summed E-state index contributed by atoms with van der Waals surface area (Å²) in [6.45, 7) is 1.84. The van der Waals surface area contributed by atoms with Crippen molar-refractivity contribution in [3.8, 4) is 11.6 Å². The summed E-state index contributed by atoms with van der Waals surface area (Å²) in [5.74, 6) is -1.72. The van der Waals surface area contributed by atoms with Gasteiger partial charge in [0.05, 0.1) is 5.69 Å². The molecule has 3 aromatic rings. The number of ether oxygens (including phenoxy) is 1. The number of para-hydroxylation sites is 1. The summed E-state index contributed by atoms with van der Waals surface area (Å²) < 4.78 is 20.1. The van der Waals surface area contributed by atoms with E-state index in [4.69, 9.17) is 4.74 Å². The fraction of sp³-hybridized carbons (Fsp3) is 0.118. The largest absolute Gasteiger partial charge is 0.398 e. The standard InChI is InChI=1S/C17H12FN5O2/c1-10-15-21-14(17(24)25-16-12(18)6-4-8-19-16)22-23(15)13-7-3-2-5-11(13)9-20-10/h2-10H,1H3. The van der Waals surface area contributed by atoms with Crippen LogP contribution in [0.4, 0.5) is 4.39 Å². The first kappa shape index (κ1) is 15.1. The lowest BCUT2D eigenvalue weighted by molar-refractivity contribution is 0.0707. The Morgan fingerprint density at radius 3 is 2.92 bits per heavy atom. The number of hydrogen-bond donors (Lipinski definition) is 0. The number of aromatic nitrogens is 4. The zero-order chi connectivity index (χ0) is 17.4. The highest BCUT2D eigenvalue weighted by atomic mass is 19.1. The first-order valence-corrected chi connectivity index (χ1v) is 7.55. The predicted octanol–water partition coefficient (Wildman–Crippen LogP) is 2.51. The monoisotopic (exact) mass is 337 g/mol. The van der Waals surface area contributed by atoms with Gasteiger partial charge in [0.1, 0.15) is 6.04 Å². The van der Waals surface area contributed by atoms with Crippen molar-refractivity contribution in [1.82, 2.24) is 19.7 Å². The molecule has 124 valence electrons. The third-order valence-electron chi connectivity index (χ3n) is 3.70. The van der Waals surface area contributed by atoms with E-state index in [0.717, 1.165) is 17.3 Å². The number of hydrogen-bond acceptors (Lipinski definition) is 6. The zero-order valence-electron chi connectivity index (χ0n) is 13.1. The minimum Gasteiger partial charge on any atom is -0.398 e. The molecule has 7 nitrogen and oxygen atoms in total. The van der Waals surface area contributed by atoms with Gasteiger partial charge in [-0.1, -0.05) is 18.2 Å². The Balaban J connectivity index is 1.73. The lowest BCUT2D eigenvalue weighted by Crippen LogP contribution is -2.13. The molecule has 1 aromatic carbocycles. The van der Waals surface area contributed by atoms with Gasteiger partial charge in [0.15, 0.2) is 11.6 Å². The third kappa shape index (κ3) is 2.67. The summed E-state index contributed by atoms with van der Waals surface area (Å²) in [4.78, 5) is 24.6. The van der Waals surface area contributed by atoms with Crippen LogP contribution in [0.2, 0.25) is 0 Å². The zero-order valence-corrected chi connectivity index (χ0v) is 13.1. The average molecular weight is 337 g/mol. The first-order valence-electron chi connectivity index (χ1n) is 7.55. The third-order valence-corrected chi connectivity index (χ3v) is 3.70. The van der Waals surface area contributed by atoms with E-state index in [0.29, 0.717) is 5.82 Å². The maximum absolute atomic E-state index is 13.6. The number of fused-ring (bicyclic) bond motifs is 3. The minimum absolute atomic E-state index is 0.182. The average Bonchev–Trinajstić information content (AvgIpc) is 3.02. The summed E-state index contributed by atoms with van der Waals surface area (Å²) in [6.07, 6.45) is 3.08. The number of pyridine rings is 1. The topological polar surface area (TPSA) is 82.3 Å². The maximum atomic E-state index is 13.6. The lowest BCUT2D eigenvalue weighted by Gasteiger charge is -2.06. The van der Waals surface area contributed by atoms with Crippen LogP contribution in [0.1, 0.15) is 35.0 Å². The molecule has 4 rings (SSSR count). The van der Waals surface area contributed by atoms with Gasteiger partial charge in [0.25, 0.3) is 11.7 Å². The first-order chi connectivity index (χ1) is 12.1. The van der Waals surface area contributed by atoms with E-state index >= 15 is 0 Å². The Morgan fingerprint density at radius 2 is 2.08 bits per heavy atom. The van der Waals surface area contributed by atoms with E-state index in [1.54, 1.807) is 10.9 Å². The second-order valence-electron chi connectivity index (χ2n) is 5.40. The van der Waals surface area contributed by atoms with Gasteiger partial charge < -0.3 is 4.74 Å². The molecule has 1 aliphatic rings. The minimum atomic E-state index is -0.883. The highest BCUT2D eigenvalue weighted by Crippen LogP contribution is 2.24. The number of halogens is 1. The SMILES string of the molecule is CC1N=Cc2ccccc2-n2nc(C(=O)Oc3ncccc3F)nc21. The van der Waals surface area contributed by atoms with Crippen LogP contribution in [0.5, 0.6) is 5.88 Å². The fourth-order valence-electron chi connectivity index (χ4n) is 2.49. The van der Waals surface area contributed by atoms with E-state index < -0.39 is 17.7 Å². The molecular weight excluding hydrogens is 325 g/mol. The Morgan fingerprint density at radius 1 is 1.24 bits per heavy atom. The number of carbonyl (C=O) groups is 1. The van der Waals surface area contributed by atoms with Crippen LogP contribution in [0, 0.1) is 5.82 Å². The Labute approximate surface area is 141 Å². The summed E-state index contributed by atoms with van der Waals surface area (Å²) in [6, 6.07) is 9.74. The van der Waals surface area contributed by atoms with Gasteiger partial charge in [-0.25, -0.2) is 23.8 Å². The lowest BCUT2D eigenvalue weighted by atomic mass is 10.2. The number of benzene rings is 1. The van der Waals surface area contributed by atoms with E-state index in [9.17, 15) is 9.18 Å². The van der Waals surface area contributed by atoms with E-state index in [-0.39, 0.29) is 11.9 Å². The fourth-order valence-corrected chi connectivity index (χ4v) is 2.49. The molecule has 0 amide bonds. The van der Waals surface area contributed by atoms with Crippen molar-refractivity contribution in [2.75, 3.05) is 0 Å². The molecule has 2 aromatic heterocycles. The number of esters is 1. The molecule has 25 heavy (non-hydrogen) atoms. The summed E-state index contributed by atoms with van der Waals surface area (Å²) in [5.41, 5.74) is 1.61. The van der Waals surface area contributed by atoms with E-state index in [1.165, 1.54) is 12.3 Å². The molecule has 1 aliphatic heterocycles. The molecule has 0 saturated carbocycles. The Kier molecular flexibility index (Phi) is 3.57. The van der Waals surface area contributed by atoms with Crippen LogP contribution in [0.3, 0.4) is 0 Å². The molecule has 1 atom stereocenters. The molecule has 0 aliphatic carbocycles. The molecule has 0 bridgehead atoms. The Hall–Kier alpha value is -3.42. The van der Waals surface area contributed by atoms with Crippen molar-refractivity contribution < 1.29 is 13.9 Å². The molecule has 0 fully saturated rings. The summed E-state index contributed by atoms with van der Waals surface area (Å²) in [5, 5.41) is 4.23. The van der Waals surface area contributed by atoms with Crippen molar-refractivity contribution in [3.63, 3.8) is 0 Å². The molecule has 0 spiro atoms. The van der Waals surface area contributed by atoms with Gasteiger partial charge >= 0.3 is 5.97 Å². The maximum Gasteiger partial charge on any atom is 0.385 e. The quantitative estimate of drug-likeness (QED) is 0.671. The molecule has 3 heterocycles. The van der Waals surface area contributed by atoms with Crippen LogP contribution in [-0.2, 0) is 0 Å². The van der Waals surface area contributed by atoms with Crippen LogP contribution in [0.15, 0.2) is 47.6 Å². The van der Waals surface area contributed by atoms with Gasteiger partial charge in [-0.05, 0) is 25.1 Å². The number of aliphatic imine (C=N–C) groups is 1. The van der Waals surface area contributed by atoms with E-state index in [1.807, 2.05) is 31.2 Å². The molecular formula is C17H12FN5O2. The van der Waals surface area contributed by atoms with Crippen LogP contribution in [0.25, 0.3) is 5.69 Å². The molecule has 1 unspecified atom stereocenters. The van der Waals surface area contributed by atoms with Crippen molar-refractivity contribution in [2.45, 2.75) is 13.0 Å². The van der Waals surface area contributed by atoms with Gasteiger partial charge in [-0.3, -0.25) is 4.99 Å². The molecule has 0 radical (unpaired) electrons. The Bertz CT molecular complexity index is 998. The molecule has 0 saturated heterocycles. The number of nitrogens with zero attached hydrogens (tertiary/aromatic N) is 5. The van der Waals surface area contributed by atoms with Crippen LogP contribution < -0.4 is 4.74 Å².